The van der Waals surface area contributed by atoms with Gasteiger partial charge in [-0.1, -0.05) is 28.1 Å². The molecule has 2 aromatic carbocycles. The fourth-order valence-corrected chi connectivity index (χ4v) is 2.52. The van der Waals surface area contributed by atoms with Crippen molar-refractivity contribution in [3.8, 4) is 5.75 Å². The Morgan fingerprint density at radius 3 is 2.65 bits per heavy atom. The van der Waals surface area contributed by atoms with Gasteiger partial charge < -0.3 is 10.5 Å². The minimum atomic E-state index is -0.390. The number of rotatable bonds is 4. The maximum absolute atomic E-state index is 13.9. The van der Waals surface area contributed by atoms with Crippen LogP contribution in [0.3, 0.4) is 0 Å². The van der Waals surface area contributed by atoms with Gasteiger partial charge in [0.15, 0.2) is 0 Å². The van der Waals surface area contributed by atoms with Crippen LogP contribution in [0, 0.1) is 12.7 Å². The highest BCUT2D eigenvalue weighted by Gasteiger charge is 2.14. The molecule has 4 heteroatoms. The zero-order valence-electron chi connectivity index (χ0n) is 11.5. The summed E-state index contributed by atoms with van der Waals surface area (Å²) in [7, 11) is 1.62. The highest BCUT2D eigenvalue weighted by atomic mass is 79.9. The Labute approximate surface area is 126 Å². The van der Waals surface area contributed by atoms with Gasteiger partial charge in [-0.15, -0.1) is 0 Å². The van der Waals surface area contributed by atoms with Crippen LogP contribution in [0.25, 0.3) is 0 Å². The van der Waals surface area contributed by atoms with Gasteiger partial charge in [0, 0.05) is 16.1 Å². The lowest BCUT2D eigenvalue weighted by Gasteiger charge is -2.15. The summed E-state index contributed by atoms with van der Waals surface area (Å²) in [6.45, 7) is 1.86. The van der Waals surface area contributed by atoms with Crippen LogP contribution in [-0.2, 0) is 6.42 Å². The van der Waals surface area contributed by atoms with Crippen LogP contribution >= 0.6 is 15.9 Å². The third-order valence-corrected chi connectivity index (χ3v) is 4.02. The summed E-state index contributed by atoms with van der Waals surface area (Å²) < 4.78 is 20.1. The van der Waals surface area contributed by atoms with Gasteiger partial charge in [-0.05, 0) is 48.7 Å². The van der Waals surface area contributed by atoms with E-state index in [9.17, 15) is 4.39 Å². The molecule has 2 nitrogen and oxygen atoms in total. The van der Waals surface area contributed by atoms with Crippen molar-refractivity contribution in [1.29, 1.82) is 0 Å². The Hall–Kier alpha value is -1.39. The van der Waals surface area contributed by atoms with Crippen molar-refractivity contribution in [2.45, 2.75) is 19.4 Å². The summed E-state index contributed by atoms with van der Waals surface area (Å²) in [5.41, 5.74) is 8.56. The van der Waals surface area contributed by atoms with Crippen LogP contribution in [-0.4, -0.2) is 7.11 Å². The summed E-state index contributed by atoms with van der Waals surface area (Å²) in [5, 5.41) is 0. The summed E-state index contributed by atoms with van der Waals surface area (Å²) >= 11 is 3.49. The first kappa shape index (κ1) is 15.0. The lowest BCUT2D eigenvalue weighted by atomic mass is 9.98. The zero-order chi connectivity index (χ0) is 14.7. The smallest absolute Gasteiger partial charge is 0.128 e. The second-order valence-corrected chi connectivity index (χ2v) is 5.65. The largest absolute Gasteiger partial charge is 0.497 e. The molecule has 2 aromatic rings. The number of aryl methyl sites for hydroxylation is 1. The van der Waals surface area contributed by atoms with Crippen molar-refractivity contribution < 1.29 is 9.13 Å². The van der Waals surface area contributed by atoms with Crippen LogP contribution in [0.4, 0.5) is 4.39 Å². The normalized spacial score (nSPS) is 12.2. The summed E-state index contributed by atoms with van der Waals surface area (Å²) in [6, 6.07) is 10.4. The molecule has 0 aromatic heterocycles. The van der Waals surface area contributed by atoms with Crippen LogP contribution < -0.4 is 10.5 Å². The van der Waals surface area contributed by atoms with Crippen LogP contribution in [0.5, 0.6) is 5.75 Å². The topological polar surface area (TPSA) is 35.2 Å². The van der Waals surface area contributed by atoms with Gasteiger partial charge in [-0.2, -0.15) is 0 Å². The summed E-state index contributed by atoms with van der Waals surface area (Å²) in [5.74, 6) is 0.510. The van der Waals surface area contributed by atoms with E-state index >= 15 is 0 Å². The number of methoxy groups -OCH3 is 1. The average Bonchev–Trinajstić information content (AvgIpc) is 2.41. The highest BCUT2D eigenvalue weighted by molar-refractivity contribution is 9.10. The molecule has 0 bridgehead atoms. The summed E-state index contributed by atoms with van der Waals surface area (Å²) in [6.07, 6.45) is 0.539. The molecular formula is C16H17BrFNO. The van der Waals surface area contributed by atoms with Gasteiger partial charge in [0.2, 0.25) is 0 Å². The van der Waals surface area contributed by atoms with Crippen molar-refractivity contribution in [3.05, 3.63) is 63.4 Å². The Morgan fingerprint density at radius 2 is 2.00 bits per heavy atom. The number of benzene rings is 2. The van der Waals surface area contributed by atoms with E-state index in [2.05, 4.69) is 15.9 Å². The number of nitrogens with two attached hydrogens (primary N) is 1. The van der Waals surface area contributed by atoms with E-state index in [1.807, 2.05) is 31.2 Å². The quantitative estimate of drug-likeness (QED) is 0.909. The molecule has 0 saturated heterocycles. The second kappa shape index (κ2) is 6.37. The number of hydrogen-bond acceptors (Lipinski definition) is 2. The summed E-state index contributed by atoms with van der Waals surface area (Å²) in [4.78, 5) is 0. The second-order valence-electron chi connectivity index (χ2n) is 4.79. The molecule has 0 heterocycles. The minimum absolute atomic E-state index is 0.253. The van der Waals surface area contributed by atoms with Gasteiger partial charge >= 0.3 is 0 Å². The maximum Gasteiger partial charge on any atom is 0.128 e. The molecule has 0 fully saturated rings. The average molecular weight is 338 g/mol. The molecule has 1 atom stereocenters. The monoisotopic (exact) mass is 337 g/mol. The molecule has 20 heavy (non-hydrogen) atoms. The number of hydrogen-bond donors (Lipinski definition) is 1. The van der Waals surface area contributed by atoms with Crippen molar-refractivity contribution in [2.24, 2.45) is 5.73 Å². The molecule has 2 N–H and O–H groups in total. The van der Waals surface area contributed by atoms with Gasteiger partial charge in [0.1, 0.15) is 11.6 Å². The molecule has 0 spiro atoms. The Morgan fingerprint density at radius 1 is 1.25 bits per heavy atom. The molecule has 2 rings (SSSR count). The lowest BCUT2D eigenvalue weighted by molar-refractivity contribution is 0.414. The SMILES string of the molecule is COc1ccc(Br)c(CC(N)c2ccc(C)cc2F)c1. The Balaban J connectivity index is 2.25. The lowest BCUT2D eigenvalue weighted by Crippen LogP contribution is -2.15. The van der Waals surface area contributed by atoms with Crippen LogP contribution in [0.2, 0.25) is 0 Å². The molecule has 106 valence electrons. The van der Waals surface area contributed by atoms with E-state index < -0.39 is 0 Å². The Bertz CT molecular complexity index is 615. The number of halogens is 2. The van der Waals surface area contributed by atoms with Crippen LogP contribution in [0.15, 0.2) is 40.9 Å². The first-order chi connectivity index (χ1) is 9.51. The van der Waals surface area contributed by atoms with E-state index in [-0.39, 0.29) is 11.9 Å². The molecule has 0 amide bonds. The number of ether oxygens (including phenoxy) is 1. The zero-order valence-corrected chi connectivity index (χ0v) is 13.1. The predicted molar refractivity (Wildman–Crippen MR) is 82.5 cm³/mol. The van der Waals surface area contributed by atoms with Crippen molar-refractivity contribution in [3.63, 3.8) is 0 Å². The van der Waals surface area contributed by atoms with E-state index in [0.717, 1.165) is 21.3 Å². The Kier molecular flexibility index (Phi) is 4.78. The molecule has 1 unspecified atom stereocenters. The standard InChI is InChI=1S/C16H17BrFNO/c1-10-3-5-13(15(18)7-10)16(19)9-11-8-12(20-2)4-6-14(11)17/h3-8,16H,9,19H2,1-2H3. The molecular weight excluding hydrogens is 321 g/mol. The van der Waals surface area contributed by atoms with Gasteiger partial charge in [-0.3, -0.25) is 0 Å². The highest BCUT2D eigenvalue weighted by Crippen LogP contribution is 2.27. The van der Waals surface area contributed by atoms with Crippen molar-refractivity contribution >= 4 is 15.9 Å². The van der Waals surface area contributed by atoms with Gasteiger partial charge in [-0.25, -0.2) is 4.39 Å². The molecule has 0 radical (unpaired) electrons. The van der Waals surface area contributed by atoms with E-state index in [1.54, 1.807) is 13.2 Å². The first-order valence-electron chi connectivity index (χ1n) is 6.35. The van der Waals surface area contributed by atoms with E-state index in [1.165, 1.54) is 6.07 Å². The fourth-order valence-electron chi connectivity index (χ4n) is 2.11. The van der Waals surface area contributed by atoms with E-state index in [4.69, 9.17) is 10.5 Å². The van der Waals surface area contributed by atoms with Gasteiger partial charge in [0.25, 0.3) is 0 Å². The first-order valence-corrected chi connectivity index (χ1v) is 7.14. The van der Waals surface area contributed by atoms with Crippen molar-refractivity contribution in [2.75, 3.05) is 7.11 Å². The molecule has 0 aliphatic carbocycles. The van der Waals surface area contributed by atoms with Gasteiger partial charge in [0.05, 0.1) is 7.11 Å². The fraction of sp³-hybridized carbons (Fsp3) is 0.250. The predicted octanol–water partition coefficient (Wildman–Crippen LogP) is 4.15. The van der Waals surface area contributed by atoms with Crippen molar-refractivity contribution in [1.82, 2.24) is 0 Å². The third-order valence-electron chi connectivity index (χ3n) is 3.25. The third kappa shape index (κ3) is 3.38. The molecule has 0 aliphatic heterocycles. The van der Waals surface area contributed by atoms with E-state index in [0.29, 0.717) is 12.0 Å². The van der Waals surface area contributed by atoms with Crippen LogP contribution in [0.1, 0.15) is 22.7 Å². The maximum atomic E-state index is 13.9. The minimum Gasteiger partial charge on any atom is -0.497 e. The molecule has 0 saturated carbocycles. The molecule has 0 aliphatic rings.